The summed E-state index contributed by atoms with van der Waals surface area (Å²) in [6.07, 6.45) is 0.991. The second-order valence-electron chi connectivity index (χ2n) is 8.17. The average molecular weight is 444 g/mol. The fourth-order valence-electron chi connectivity index (χ4n) is 3.86. The molecule has 1 aliphatic rings. The second kappa shape index (κ2) is 9.09. The van der Waals surface area contributed by atoms with Gasteiger partial charge in [-0.25, -0.2) is 8.42 Å². The van der Waals surface area contributed by atoms with E-state index in [9.17, 15) is 18.0 Å². The summed E-state index contributed by atoms with van der Waals surface area (Å²) in [6.45, 7) is 6.13. The van der Waals surface area contributed by atoms with Gasteiger partial charge in [0.2, 0.25) is 11.8 Å². The van der Waals surface area contributed by atoms with Gasteiger partial charge in [0.15, 0.2) is 0 Å². The predicted octanol–water partition coefficient (Wildman–Crippen LogP) is 2.53. The predicted molar refractivity (Wildman–Crippen MR) is 120 cm³/mol. The normalized spacial score (nSPS) is 15.0. The van der Waals surface area contributed by atoms with E-state index >= 15 is 0 Å². The number of primary amides is 1. The lowest BCUT2D eigenvalue weighted by Crippen LogP contribution is -2.47. The number of hydrogen-bond acceptors (Lipinski definition) is 4. The maximum absolute atomic E-state index is 13.5. The zero-order valence-electron chi connectivity index (χ0n) is 18.2. The van der Waals surface area contributed by atoms with Gasteiger partial charge >= 0.3 is 0 Å². The lowest BCUT2D eigenvalue weighted by molar-refractivity contribution is -0.133. The first kappa shape index (κ1) is 22.8. The number of rotatable bonds is 6. The summed E-state index contributed by atoms with van der Waals surface area (Å²) in [5, 5.41) is 0. The van der Waals surface area contributed by atoms with Crippen molar-refractivity contribution < 1.29 is 18.0 Å². The van der Waals surface area contributed by atoms with E-state index in [0.29, 0.717) is 31.6 Å². The number of benzene rings is 2. The SMILES string of the molecule is Cc1ccc(S(=O)(=O)N(CC(=O)N2CCC(C(N)=O)CC2)c2ccc(C)cc2C)cc1. The van der Waals surface area contributed by atoms with Gasteiger partial charge in [0.05, 0.1) is 10.6 Å². The molecule has 1 heterocycles. The van der Waals surface area contributed by atoms with Crippen molar-refractivity contribution in [2.45, 2.75) is 38.5 Å². The van der Waals surface area contributed by atoms with Crippen LogP contribution in [0.15, 0.2) is 47.4 Å². The van der Waals surface area contributed by atoms with Crippen molar-refractivity contribution in [1.29, 1.82) is 0 Å². The van der Waals surface area contributed by atoms with E-state index in [1.54, 1.807) is 35.2 Å². The number of hydrogen-bond donors (Lipinski definition) is 1. The van der Waals surface area contributed by atoms with Crippen LogP contribution in [-0.2, 0) is 19.6 Å². The molecular weight excluding hydrogens is 414 g/mol. The van der Waals surface area contributed by atoms with E-state index in [-0.39, 0.29) is 29.2 Å². The van der Waals surface area contributed by atoms with Crippen LogP contribution >= 0.6 is 0 Å². The highest BCUT2D eigenvalue weighted by Crippen LogP contribution is 2.28. The summed E-state index contributed by atoms with van der Waals surface area (Å²) in [5.41, 5.74) is 8.59. The van der Waals surface area contributed by atoms with Crippen molar-refractivity contribution in [3.05, 3.63) is 59.2 Å². The van der Waals surface area contributed by atoms with Crippen LogP contribution in [0, 0.1) is 26.7 Å². The number of anilines is 1. The topological polar surface area (TPSA) is 101 Å². The molecule has 7 nitrogen and oxygen atoms in total. The third-order valence-electron chi connectivity index (χ3n) is 5.76. The standard InChI is InChI=1S/C23H29N3O4S/c1-16-4-7-20(8-5-16)31(29,30)26(21-9-6-17(2)14-18(21)3)15-22(27)25-12-10-19(11-13-25)23(24)28/h4-9,14,19H,10-13,15H2,1-3H3,(H2,24,28). The van der Waals surface area contributed by atoms with Crippen molar-refractivity contribution in [3.63, 3.8) is 0 Å². The molecule has 2 N–H and O–H groups in total. The minimum Gasteiger partial charge on any atom is -0.369 e. The number of aryl methyl sites for hydroxylation is 3. The Morgan fingerprint density at radius 2 is 1.58 bits per heavy atom. The molecule has 0 unspecified atom stereocenters. The highest BCUT2D eigenvalue weighted by atomic mass is 32.2. The number of likely N-dealkylation sites (tertiary alicyclic amines) is 1. The Labute approximate surface area is 183 Å². The van der Waals surface area contributed by atoms with Crippen LogP contribution in [-0.4, -0.2) is 44.8 Å². The van der Waals surface area contributed by atoms with Crippen LogP contribution < -0.4 is 10.0 Å². The third kappa shape index (κ3) is 5.07. The first-order valence-electron chi connectivity index (χ1n) is 10.3. The Morgan fingerprint density at radius 3 is 2.13 bits per heavy atom. The van der Waals surface area contributed by atoms with Gasteiger partial charge in [-0.15, -0.1) is 0 Å². The monoisotopic (exact) mass is 443 g/mol. The van der Waals surface area contributed by atoms with E-state index in [1.165, 1.54) is 4.31 Å². The van der Waals surface area contributed by atoms with Gasteiger partial charge in [0, 0.05) is 19.0 Å². The van der Waals surface area contributed by atoms with Gasteiger partial charge in [-0.2, -0.15) is 0 Å². The van der Waals surface area contributed by atoms with Gasteiger partial charge in [0.25, 0.3) is 10.0 Å². The van der Waals surface area contributed by atoms with Gasteiger partial charge in [0.1, 0.15) is 6.54 Å². The van der Waals surface area contributed by atoms with Gasteiger partial charge in [-0.3, -0.25) is 13.9 Å². The first-order chi connectivity index (χ1) is 14.6. The minimum absolute atomic E-state index is 0.137. The smallest absolute Gasteiger partial charge is 0.264 e. The Kier molecular flexibility index (Phi) is 6.69. The Hall–Kier alpha value is -2.87. The van der Waals surface area contributed by atoms with Crippen molar-refractivity contribution in [2.75, 3.05) is 23.9 Å². The number of piperidine rings is 1. The lowest BCUT2D eigenvalue weighted by Gasteiger charge is -2.33. The highest BCUT2D eigenvalue weighted by Gasteiger charge is 2.32. The summed E-state index contributed by atoms with van der Waals surface area (Å²) in [5.74, 6) is -0.889. The van der Waals surface area contributed by atoms with E-state index in [4.69, 9.17) is 5.73 Å². The lowest BCUT2D eigenvalue weighted by atomic mass is 9.96. The van der Waals surface area contributed by atoms with E-state index in [0.717, 1.165) is 16.7 Å². The fourth-order valence-corrected chi connectivity index (χ4v) is 5.34. The molecular formula is C23H29N3O4S. The van der Waals surface area contributed by atoms with Crippen molar-refractivity contribution in [2.24, 2.45) is 11.7 Å². The van der Waals surface area contributed by atoms with Crippen LogP contribution in [0.3, 0.4) is 0 Å². The van der Waals surface area contributed by atoms with Crippen LogP contribution in [0.1, 0.15) is 29.5 Å². The van der Waals surface area contributed by atoms with Crippen LogP contribution in [0.2, 0.25) is 0 Å². The van der Waals surface area contributed by atoms with E-state index in [2.05, 4.69) is 0 Å². The molecule has 0 saturated carbocycles. The zero-order valence-corrected chi connectivity index (χ0v) is 19.0. The highest BCUT2D eigenvalue weighted by molar-refractivity contribution is 7.92. The number of nitrogens with zero attached hydrogens (tertiary/aromatic N) is 2. The first-order valence-corrected chi connectivity index (χ1v) is 11.8. The third-order valence-corrected chi connectivity index (χ3v) is 7.53. The molecule has 31 heavy (non-hydrogen) atoms. The molecule has 0 bridgehead atoms. The molecule has 166 valence electrons. The quantitative estimate of drug-likeness (QED) is 0.741. The molecule has 0 spiro atoms. The largest absolute Gasteiger partial charge is 0.369 e. The van der Waals surface area contributed by atoms with Crippen LogP contribution in [0.25, 0.3) is 0 Å². The van der Waals surface area contributed by atoms with Crippen LogP contribution in [0.4, 0.5) is 5.69 Å². The molecule has 3 rings (SSSR count). The Bertz CT molecular complexity index is 1070. The van der Waals surface area contributed by atoms with Crippen molar-refractivity contribution in [1.82, 2.24) is 4.90 Å². The molecule has 1 aliphatic heterocycles. The number of sulfonamides is 1. The maximum atomic E-state index is 13.5. The second-order valence-corrected chi connectivity index (χ2v) is 10.0. The van der Waals surface area contributed by atoms with Gasteiger partial charge in [-0.1, -0.05) is 35.4 Å². The molecule has 0 aromatic heterocycles. The molecule has 0 aliphatic carbocycles. The number of carbonyl (C=O) groups excluding carboxylic acids is 2. The summed E-state index contributed by atoms with van der Waals surface area (Å²) >= 11 is 0. The zero-order chi connectivity index (χ0) is 22.8. The van der Waals surface area contributed by atoms with Crippen LogP contribution in [0.5, 0.6) is 0 Å². The van der Waals surface area contributed by atoms with Gasteiger partial charge in [-0.05, 0) is 57.4 Å². The number of nitrogens with two attached hydrogens (primary N) is 1. The van der Waals surface area contributed by atoms with E-state index in [1.807, 2.05) is 32.9 Å². The Morgan fingerprint density at radius 1 is 1.00 bits per heavy atom. The average Bonchev–Trinajstić information content (AvgIpc) is 2.72. The summed E-state index contributed by atoms with van der Waals surface area (Å²) in [7, 11) is -3.95. The molecule has 2 amide bonds. The molecule has 0 atom stereocenters. The molecule has 8 heteroatoms. The van der Waals surface area contributed by atoms with E-state index < -0.39 is 10.0 Å². The molecule has 1 saturated heterocycles. The van der Waals surface area contributed by atoms with Crippen molar-refractivity contribution >= 4 is 27.5 Å². The molecule has 2 aromatic rings. The molecule has 1 fully saturated rings. The summed E-state index contributed by atoms with van der Waals surface area (Å²) in [4.78, 5) is 26.2. The maximum Gasteiger partial charge on any atom is 0.264 e. The van der Waals surface area contributed by atoms with Gasteiger partial charge < -0.3 is 10.6 Å². The van der Waals surface area contributed by atoms with Crippen molar-refractivity contribution in [3.8, 4) is 0 Å². The fraction of sp³-hybridized carbons (Fsp3) is 0.391. The minimum atomic E-state index is -3.95. The molecule has 0 radical (unpaired) electrons. The molecule has 2 aromatic carbocycles. The number of amides is 2. The summed E-state index contributed by atoms with van der Waals surface area (Å²) < 4.78 is 28.3. The Balaban J connectivity index is 1.92. The number of carbonyl (C=O) groups is 2. The summed E-state index contributed by atoms with van der Waals surface area (Å²) in [6, 6.07) is 12.1.